The van der Waals surface area contributed by atoms with Crippen LogP contribution in [0.25, 0.3) is 0 Å². The molecular weight excluding hydrogens is 364 g/mol. The molecule has 2 aliphatic rings. The first-order valence-corrected chi connectivity index (χ1v) is 10.6. The number of aromatic nitrogens is 1. The highest BCUT2D eigenvalue weighted by molar-refractivity contribution is 6.05. The minimum atomic E-state index is -0.231. The van der Waals surface area contributed by atoms with E-state index in [2.05, 4.69) is 27.3 Å². The first-order chi connectivity index (χ1) is 14.2. The fraction of sp³-hybridized carbons (Fsp3) is 0.435. The summed E-state index contributed by atoms with van der Waals surface area (Å²) in [5.74, 6) is -0.323. The molecule has 4 rings (SSSR count). The van der Waals surface area contributed by atoms with Gasteiger partial charge in [-0.2, -0.15) is 0 Å². The molecule has 2 aliphatic heterocycles. The predicted octanol–water partition coefficient (Wildman–Crippen LogP) is 3.95. The smallest absolute Gasteiger partial charge is 0.272 e. The lowest BCUT2D eigenvalue weighted by molar-refractivity contribution is 0.0718. The number of piperidine rings is 2. The number of nitrogens with zero attached hydrogens (tertiary/aromatic N) is 3. The Bertz CT molecular complexity index is 853. The summed E-state index contributed by atoms with van der Waals surface area (Å²) in [6.07, 6.45) is 8.53. The van der Waals surface area contributed by atoms with Gasteiger partial charge in [0.2, 0.25) is 0 Å². The monoisotopic (exact) mass is 392 g/mol. The van der Waals surface area contributed by atoms with Crippen LogP contribution in [-0.4, -0.2) is 47.9 Å². The van der Waals surface area contributed by atoms with Gasteiger partial charge in [-0.25, -0.2) is 0 Å². The van der Waals surface area contributed by atoms with Crippen LogP contribution in [0, 0.1) is 0 Å². The van der Waals surface area contributed by atoms with Crippen molar-refractivity contribution in [3.05, 3.63) is 53.9 Å². The molecule has 6 nitrogen and oxygen atoms in total. The number of hydrogen-bond acceptors (Lipinski definition) is 4. The van der Waals surface area contributed by atoms with Gasteiger partial charge in [-0.1, -0.05) is 0 Å². The summed E-state index contributed by atoms with van der Waals surface area (Å²) in [4.78, 5) is 33.7. The topological polar surface area (TPSA) is 65.5 Å². The number of amides is 2. The first-order valence-electron chi connectivity index (χ1n) is 10.6. The minimum absolute atomic E-state index is 0.0924. The van der Waals surface area contributed by atoms with Gasteiger partial charge in [0.1, 0.15) is 5.69 Å². The Labute approximate surface area is 171 Å². The third-order valence-electron chi connectivity index (χ3n) is 5.73. The molecule has 2 amide bonds. The van der Waals surface area contributed by atoms with Crippen LogP contribution in [-0.2, 0) is 0 Å². The highest BCUT2D eigenvalue weighted by Crippen LogP contribution is 2.22. The largest absolute Gasteiger partial charge is 0.372 e. The quantitative estimate of drug-likeness (QED) is 0.856. The summed E-state index contributed by atoms with van der Waals surface area (Å²) in [6, 6.07) is 11.2. The van der Waals surface area contributed by atoms with E-state index in [4.69, 9.17) is 0 Å². The number of carbonyl (C=O) groups is 2. The van der Waals surface area contributed by atoms with Gasteiger partial charge >= 0.3 is 0 Å². The number of anilines is 2. The summed E-state index contributed by atoms with van der Waals surface area (Å²) in [5.41, 5.74) is 2.72. The lowest BCUT2D eigenvalue weighted by Gasteiger charge is -2.28. The fourth-order valence-electron chi connectivity index (χ4n) is 4.06. The van der Waals surface area contributed by atoms with Gasteiger partial charge in [0.05, 0.1) is 0 Å². The average Bonchev–Trinajstić information content (AvgIpc) is 2.80. The molecule has 1 aromatic carbocycles. The molecule has 2 fully saturated rings. The SMILES string of the molecule is O=C(Nc1ccc(N2CCCCC2)cc1)c1ccnc(C(=O)N2CCCCC2)c1. The van der Waals surface area contributed by atoms with Crippen molar-refractivity contribution in [3.63, 3.8) is 0 Å². The van der Waals surface area contributed by atoms with Gasteiger partial charge in [-0.15, -0.1) is 0 Å². The van der Waals surface area contributed by atoms with Crippen LogP contribution in [0.15, 0.2) is 42.6 Å². The van der Waals surface area contributed by atoms with Crippen LogP contribution in [0.3, 0.4) is 0 Å². The first kappa shape index (κ1) is 19.4. The van der Waals surface area contributed by atoms with E-state index in [0.717, 1.165) is 51.1 Å². The summed E-state index contributed by atoms with van der Waals surface area (Å²) >= 11 is 0. The zero-order valence-electron chi connectivity index (χ0n) is 16.8. The maximum Gasteiger partial charge on any atom is 0.272 e. The van der Waals surface area contributed by atoms with Crippen LogP contribution in [0.4, 0.5) is 11.4 Å². The molecule has 29 heavy (non-hydrogen) atoms. The van der Waals surface area contributed by atoms with Gasteiger partial charge < -0.3 is 15.1 Å². The van der Waals surface area contributed by atoms with Crippen LogP contribution >= 0.6 is 0 Å². The Kier molecular flexibility index (Phi) is 6.08. The van der Waals surface area contributed by atoms with Crippen molar-refractivity contribution in [3.8, 4) is 0 Å². The zero-order valence-corrected chi connectivity index (χ0v) is 16.8. The second-order valence-electron chi connectivity index (χ2n) is 7.83. The second kappa shape index (κ2) is 9.07. The number of likely N-dealkylation sites (tertiary alicyclic amines) is 1. The normalized spacial score (nSPS) is 17.1. The standard InChI is InChI=1S/C23H28N4O2/c28-22(25-19-7-9-20(10-8-19)26-13-3-1-4-14-26)18-11-12-24-21(17-18)23(29)27-15-5-2-6-16-27/h7-12,17H,1-6,13-16H2,(H,25,28). The molecule has 2 aromatic rings. The van der Waals surface area contributed by atoms with Gasteiger partial charge in [0.25, 0.3) is 11.8 Å². The Balaban J connectivity index is 1.41. The van der Waals surface area contributed by atoms with Crippen molar-refractivity contribution in [1.29, 1.82) is 0 Å². The van der Waals surface area contributed by atoms with E-state index >= 15 is 0 Å². The summed E-state index contributed by atoms with van der Waals surface area (Å²) in [7, 11) is 0. The van der Waals surface area contributed by atoms with Crippen molar-refractivity contribution in [2.75, 3.05) is 36.4 Å². The third-order valence-corrected chi connectivity index (χ3v) is 5.73. The Hall–Kier alpha value is -2.89. The van der Waals surface area contributed by atoms with Gasteiger partial charge in [0.15, 0.2) is 0 Å². The summed E-state index contributed by atoms with van der Waals surface area (Å²) in [5, 5.41) is 2.92. The molecule has 3 heterocycles. The van der Waals surface area contributed by atoms with E-state index in [1.807, 2.05) is 17.0 Å². The van der Waals surface area contributed by atoms with Gasteiger partial charge in [-0.05, 0) is 74.9 Å². The van der Waals surface area contributed by atoms with Crippen molar-refractivity contribution < 1.29 is 9.59 Å². The molecule has 0 bridgehead atoms. The van der Waals surface area contributed by atoms with Crippen molar-refractivity contribution in [2.24, 2.45) is 0 Å². The Morgan fingerprint density at radius 2 is 1.48 bits per heavy atom. The summed E-state index contributed by atoms with van der Waals surface area (Å²) in [6.45, 7) is 3.72. The minimum Gasteiger partial charge on any atom is -0.372 e. The van der Waals surface area contributed by atoms with E-state index in [1.165, 1.54) is 31.1 Å². The zero-order chi connectivity index (χ0) is 20.1. The Morgan fingerprint density at radius 1 is 0.828 bits per heavy atom. The van der Waals surface area contributed by atoms with E-state index in [0.29, 0.717) is 11.3 Å². The molecule has 6 heteroatoms. The van der Waals surface area contributed by atoms with Crippen LogP contribution in [0.5, 0.6) is 0 Å². The van der Waals surface area contributed by atoms with E-state index in [-0.39, 0.29) is 11.8 Å². The molecule has 2 saturated heterocycles. The number of pyridine rings is 1. The lowest BCUT2D eigenvalue weighted by atomic mass is 10.1. The third kappa shape index (κ3) is 4.75. The molecule has 1 N–H and O–H groups in total. The molecule has 0 aliphatic carbocycles. The van der Waals surface area contributed by atoms with Crippen LogP contribution in [0.1, 0.15) is 59.4 Å². The van der Waals surface area contributed by atoms with Crippen LogP contribution < -0.4 is 10.2 Å². The molecule has 1 aromatic heterocycles. The highest BCUT2D eigenvalue weighted by atomic mass is 16.2. The molecule has 0 radical (unpaired) electrons. The molecule has 152 valence electrons. The molecule has 0 unspecified atom stereocenters. The number of benzene rings is 1. The Morgan fingerprint density at radius 3 is 2.17 bits per heavy atom. The molecular formula is C23H28N4O2. The predicted molar refractivity (Wildman–Crippen MR) is 114 cm³/mol. The van der Waals surface area contributed by atoms with Crippen molar-refractivity contribution in [2.45, 2.75) is 38.5 Å². The fourth-order valence-corrected chi connectivity index (χ4v) is 4.06. The van der Waals surface area contributed by atoms with Crippen LogP contribution in [0.2, 0.25) is 0 Å². The lowest BCUT2D eigenvalue weighted by Crippen LogP contribution is -2.36. The van der Waals surface area contributed by atoms with Gasteiger partial charge in [-0.3, -0.25) is 14.6 Å². The maximum atomic E-state index is 12.7. The van der Waals surface area contributed by atoms with E-state index in [9.17, 15) is 9.59 Å². The average molecular weight is 393 g/mol. The molecule has 0 spiro atoms. The number of carbonyl (C=O) groups excluding carboxylic acids is 2. The van der Waals surface area contributed by atoms with E-state index < -0.39 is 0 Å². The van der Waals surface area contributed by atoms with Crippen molar-refractivity contribution in [1.82, 2.24) is 9.88 Å². The van der Waals surface area contributed by atoms with Gasteiger partial charge in [0, 0.05) is 49.3 Å². The van der Waals surface area contributed by atoms with E-state index in [1.54, 1.807) is 12.1 Å². The highest BCUT2D eigenvalue weighted by Gasteiger charge is 2.20. The number of nitrogens with one attached hydrogen (secondary N) is 1. The summed E-state index contributed by atoms with van der Waals surface area (Å²) < 4.78 is 0. The number of hydrogen-bond donors (Lipinski definition) is 1. The number of rotatable bonds is 4. The van der Waals surface area contributed by atoms with Crippen molar-refractivity contribution >= 4 is 23.2 Å². The maximum absolute atomic E-state index is 12.7. The molecule has 0 atom stereocenters. The second-order valence-corrected chi connectivity index (χ2v) is 7.83. The molecule has 0 saturated carbocycles.